The SMILES string of the molecule is CON=C1[C@H]2CCn3c(=O)n(-c4ccccc4)c(=O)n3[C@H]2[C@H](O)[C@@H]2O[C@H]12. The van der Waals surface area contributed by atoms with Crippen molar-refractivity contribution in [3.63, 3.8) is 0 Å². The number of hydrogen-bond donors (Lipinski definition) is 1. The molecule has 5 atom stereocenters. The molecule has 0 spiro atoms. The number of fused-ring (bicyclic) bond motifs is 4. The minimum atomic E-state index is -0.879. The molecule has 1 N–H and O–H groups in total. The predicted molar refractivity (Wildman–Crippen MR) is 90.5 cm³/mol. The van der Waals surface area contributed by atoms with Gasteiger partial charge in [-0.2, -0.15) is 0 Å². The van der Waals surface area contributed by atoms with Crippen molar-refractivity contribution in [2.24, 2.45) is 11.1 Å². The van der Waals surface area contributed by atoms with Crippen LogP contribution in [0.25, 0.3) is 5.69 Å². The molecule has 1 saturated carbocycles. The highest BCUT2D eigenvalue weighted by molar-refractivity contribution is 5.94. The second-order valence-electron chi connectivity index (χ2n) is 6.80. The van der Waals surface area contributed by atoms with Gasteiger partial charge in [-0.05, 0) is 18.6 Å². The quantitative estimate of drug-likeness (QED) is 0.576. The zero-order chi connectivity index (χ0) is 18.0. The van der Waals surface area contributed by atoms with E-state index in [9.17, 15) is 14.7 Å². The number of oxime groups is 1. The summed E-state index contributed by atoms with van der Waals surface area (Å²) in [4.78, 5) is 30.9. The lowest BCUT2D eigenvalue weighted by Gasteiger charge is -2.38. The summed E-state index contributed by atoms with van der Waals surface area (Å²) >= 11 is 0. The molecule has 2 aliphatic heterocycles. The molecule has 1 saturated heterocycles. The molecule has 136 valence electrons. The van der Waals surface area contributed by atoms with E-state index in [4.69, 9.17) is 9.57 Å². The molecular formula is C17H18N4O5. The fraction of sp³-hybridized carbons (Fsp3) is 0.471. The van der Waals surface area contributed by atoms with Gasteiger partial charge in [-0.25, -0.2) is 23.5 Å². The van der Waals surface area contributed by atoms with Gasteiger partial charge in [0.2, 0.25) is 0 Å². The van der Waals surface area contributed by atoms with Crippen molar-refractivity contribution in [3.05, 3.63) is 51.3 Å². The Morgan fingerprint density at radius 1 is 1.23 bits per heavy atom. The van der Waals surface area contributed by atoms with E-state index in [0.717, 1.165) is 4.57 Å². The molecule has 0 bridgehead atoms. The molecule has 5 rings (SSSR count). The molecule has 0 unspecified atom stereocenters. The van der Waals surface area contributed by atoms with Crippen LogP contribution in [0, 0.1) is 5.92 Å². The van der Waals surface area contributed by atoms with Crippen molar-refractivity contribution in [2.45, 2.75) is 37.3 Å². The number of aliphatic hydroxyl groups is 1. The minimum absolute atomic E-state index is 0.211. The number of hydrogen-bond acceptors (Lipinski definition) is 6. The van der Waals surface area contributed by atoms with Crippen molar-refractivity contribution < 1.29 is 14.7 Å². The molecule has 9 nitrogen and oxygen atoms in total. The van der Waals surface area contributed by atoms with Gasteiger partial charge in [-0.1, -0.05) is 23.4 Å². The third kappa shape index (κ3) is 1.95. The molecule has 3 aliphatic rings. The number of epoxide rings is 1. The maximum atomic E-state index is 13.1. The number of aliphatic hydroxyl groups excluding tert-OH is 1. The van der Waals surface area contributed by atoms with Crippen LogP contribution in [0.1, 0.15) is 12.5 Å². The van der Waals surface area contributed by atoms with Crippen molar-refractivity contribution in [2.75, 3.05) is 7.11 Å². The van der Waals surface area contributed by atoms with Gasteiger partial charge >= 0.3 is 11.4 Å². The first kappa shape index (κ1) is 15.6. The summed E-state index contributed by atoms with van der Waals surface area (Å²) in [6.45, 7) is 0.363. The van der Waals surface area contributed by atoms with Crippen LogP contribution in [0.15, 0.2) is 45.1 Å². The van der Waals surface area contributed by atoms with Crippen LogP contribution in [0.4, 0.5) is 0 Å². The lowest BCUT2D eigenvalue weighted by Crippen LogP contribution is -2.52. The van der Waals surface area contributed by atoms with Gasteiger partial charge in [-0.15, -0.1) is 0 Å². The Hall–Kier alpha value is -2.65. The predicted octanol–water partition coefficient (Wildman–Crippen LogP) is -0.494. The first-order valence-corrected chi connectivity index (χ1v) is 8.57. The average Bonchev–Trinajstić information content (AvgIpc) is 3.41. The molecule has 0 amide bonds. The summed E-state index contributed by atoms with van der Waals surface area (Å²) in [5.74, 6) is -0.211. The van der Waals surface area contributed by atoms with Crippen molar-refractivity contribution in [1.29, 1.82) is 0 Å². The number of para-hydroxylation sites is 1. The van der Waals surface area contributed by atoms with Crippen LogP contribution in [0.5, 0.6) is 0 Å². The maximum absolute atomic E-state index is 13.1. The zero-order valence-corrected chi connectivity index (χ0v) is 14.1. The van der Waals surface area contributed by atoms with E-state index in [1.165, 1.54) is 16.5 Å². The lowest BCUT2D eigenvalue weighted by atomic mass is 9.78. The third-order valence-electron chi connectivity index (χ3n) is 5.50. The minimum Gasteiger partial charge on any atom is -0.399 e. The summed E-state index contributed by atoms with van der Waals surface area (Å²) in [7, 11) is 1.46. The highest BCUT2D eigenvalue weighted by Crippen LogP contribution is 2.46. The fourth-order valence-corrected chi connectivity index (χ4v) is 4.34. The maximum Gasteiger partial charge on any atom is 0.352 e. The van der Waals surface area contributed by atoms with E-state index in [1.807, 2.05) is 6.07 Å². The van der Waals surface area contributed by atoms with Crippen molar-refractivity contribution in [1.82, 2.24) is 13.9 Å². The first-order valence-electron chi connectivity index (χ1n) is 8.57. The average molecular weight is 358 g/mol. The number of rotatable bonds is 2. The van der Waals surface area contributed by atoms with Crippen LogP contribution in [0.2, 0.25) is 0 Å². The summed E-state index contributed by atoms with van der Waals surface area (Å²) in [5.41, 5.74) is 0.331. The van der Waals surface area contributed by atoms with Gasteiger partial charge in [0, 0.05) is 12.5 Å². The number of nitrogens with zero attached hydrogens (tertiary/aromatic N) is 4. The Labute approximate surface area is 147 Å². The summed E-state index contributed by atoms with van der Waals surface area (Å²) in [6, 6.07) is 8.18. The van der Waals surface area contributed by atoms with E-state index >= 15 is 0 Å². The van der Waals surface area contributed by atoms with Crippen LogP contribution in [-0.2, 0) is 16.1 Å². The van der Waals surface area contributed by atoms with Gasteiger partial charge in [0.05, 0.1) is 17.4 Å². The summed E-state index contributed by atoms with van der Waals surface area (Å²) in [5, 5.41) is 14.8. The summed E-state index contributed by atoms with van der Waals surface area (Å²) in [6.07, 6.45) is -0.986. The Balaban J connectivity index is 1.70. The van der Waals surface area contributed by atoms with Crippen molar-refractivity contribution >= 4 is 5.71 Å². The van der Waals surface area contributed by atoms with E-state index < -0.39 is 29.6 Å². The van der Waals surface area contributed by atoms with Crippen LogP contribution in [-0.4, -0.2) is 50.2 Å². The standard InChI is InChI=1S/C17H18N4O5/c1-25-18-11-10-7-8-19-16(23)20(9-5-3-2-4-6-9)17(24)21(19)12(10)13(22)15-14(11)26-15/h2-6,10,12-15,22H,7-8H2,1H3/t10-,12-,13+,14-,15+/m1/s1. The molecular weight excluding hydrogens is 340 g/mol. The highest BCUT2D eigenvalue weighted by Gasteiger charge is 2.61. The van der Waals surface area contributed by atoms with E-state index in [1.54, 1.807) is 24.3 Å². The largest absolute Gasteiger partial charge is 0.399 e. The second kappa shape index (κ2) is 5.42. The monoisotopic (exact) mass is 358 g/mol. The second-order valence-corrected chi connectivity index (χ2v) is 6.80. The normalized spacial score (nSPS) is 33.3. The van der Waals surface area contributed by atoms with E-state index in [-0.39, 0.29) is 12.0 Å². The Bertz CT molecular complexity index is 1000. The number of benzene rings is 1. The van der Waals surface area contributed by atoms with Crippen LogP contribution in [0.3, 0.4) is 0 Å². The number of ether oxygens (including phenoxy) is 1. The molecule has 2 fully saturated rings. The smallest absolute Gasteiger partial charge is 0.352 e. The molecule has 9 heteroatoms. The van der Waals surface area contributed by atoms with Crippen LogP contribution >= 0.6 is 0 Å². The Morgan fingerprint density at radius 3 is 2.73 bits per heavy atom. The Morgan fingerprint density at radius 2 is 2.00 bits per heavy atom. The van der Waals surface area contributed by atoms with Gasteiger partial charge in [0.1, 0.15) is 25.4 Å². The van der Waals surface area contributed by atoms with Gasteiger partial charge in [0.15, 0.2) is 0 Å². The fourth-order valence-electron chi connectivity index (χ4n) is 4.34. The summed E-state index contributed by atoms with van der Waals surface area (Å²) < 4.78 is 9.48. The lowest BCUT2D eigenvalue weighted by molar-refractivity contribution is 0.0330. The third-order valence-corrected chi connectivity index (χ3v) is 5.50. The molecule has 2 aromatic rings. The van der Waals surface area contributed by atoms with Crippen LogP contribution < -0.4 is 11.4 Å². The zero-order valence-electron chi connectivity index (χ0n) is 14.1. The molecule has 1 aromatic heterocycles. The van der Waals surface area contributed by atoms with E-state index in [2.05, 4.69) is 5.16 Å². The van der Waals surface area contributed by atoms with Gasteiger partial charge in [0.25, 0.3) is 0 Å². The topological polar surface area (TPSA) is 103 Å². The van der Waals surface area contributed by atoms with E-state index in [0.29, 0.717) is 24.4 Å². The number of aromatic nitrogens is 3. The molecule has 3 heterocycles. The van der Waals surface area contributed by atoms with Gasteiger partial charge in [-0.3, -0.25) is 0 Å². The first-order chi connectivity index (χ1) is 12.6. The molecule has 1 aliphatic carbocycles. The Kier molecular flexibility index (Phi) is 3.25. The van der Waals surface area contributed by atoms with Gasteiger partial charge < -0.3 is 14.7 Å². The molecule has 26 heavy (non-hydrogen) atoms. The highest BCUT2D eigenvalue weighted by atomic mass is 16.6. The molecule has 0 radical (unpaired) electrons. The van der Waals surface area contributed by atoms with Crippen molar-refractivity contribution in [3.8, 4) is 5.69 Å². The molecule has 1 aromatic carbocycles.